The highest BCUT2D eigenvalue weighted by Crippen LogP contribution is 2.26. The molecule has 4 aromatic carbocycles. The molecule has 1 aliphatic rings. The number of halogens is 3. The number of piperidine rings is 1. The van der Waals surface area contributed by atoms with Gasteiger partial charge < -0.3 is 20.6 Å². The molecule has 260 valence electrons. The number of alkyl halides is 3. The Balaban J connectivity index is 0.000000698. The molecule has 0 saturated carbocycles. The molecule has 0 bridgehead atoms. The van der Waals surface area contributed by atoms with E-state index in [-0.39, 0.29) is 12.1 Å². The molecule has 7 nitrogen and oxygen atoms in total. The summed E-state index contributed by atoms with van der Waals surface area (Å²) < 4.78 is 31.7. The maximum atomic E-state index is 13.7. The highest BCUT2D eigenvalue weighted by Gasteiger charge is 2.38. The minimum atomic E-state index is -5.08. The minimum Gasteiger partial charge on any atom is -0.475 e. The van der Waals surface area contributed by atoms with Crippen molar-refractivity contribution in [2.24, 2.45) is 5.92 Å². The van der Waals surface area contributed by atoms with E-state index in [4.69, 9.17) is 9.90 Å². The second-order valence-corrected chi connectivity index (χ2v) is 12.6. The Morgan fingerprint density at radius 3 is 1.92 bits per heavy atom. The zero-order valence-electron chi connectivity index (χ0n) is 28.0. The Morgan fingerprint density at radius 2 is 1.35 bits per heavy atom. The third-order valence-corrected chi connectivity index (χ3v) is 8.20. The lowest BCUT2D eigenvalue weighted by atomic mass is 9.99. The van der Waals surface area contributed by atoms with Gasteiger partial charge in [-0.25, -0.2) is 9.59 Å². The minimum absolute atomic E-state index is 0.0358. The van der Waals surface area contributed by atoms with E-state index in [0.29, 0.717) is 12.5 Å². The standard InChI is InChI=1S/C37H44N4O.C2HF3O2/c1-29(2)25-38-26-31-13-9-15-33(23-31)34-16-10-14-32(24-34)28-41(37(42)39-35-17-7-4-8-18-35)36-19-21-40(22-20-36)27-30-11-5-3-6-12-30;3-2(4,5)1(6)7/h3-18,23-24,29,36,38H,19-22,25-28H2,1-2H3,(H,39,42);(H,6,7). The van der Waals surface area contributed by atoms with Crippen LogP contribution in [-0.4, -0.2) is 58.8 Å². The first-order chi connectivity index (χ1) is 23.5. The van der Waals surface area contributed by atoms with E-state index in [1.165, 1.54) is 22.3 Å². The molecule has 10 heteroatoms. The van der Waals surface area contributed by atoms with Crippen LogP contribution in [0, 0.1) is 5.92 Å². The summed E-state index contributed by atoms with van der Waals surface area (Å²) in [6.45, 7) is 9.81. The fourth-order valence-corrected chi connectivity index (χ4v) is 5.73. The number of benzene rings is 4. The number of hydrogen-bond acceptors (Lipinski definition) is 4. The number of anilines is 1. The van der Waals surface area contributed by atoms with Crippen LogP contribution in [0.2, 0.25) is 0 Å². The molecular formula is C39H45F3N4O3. The van der Waals surface area contributed by atoms with Gasteiger partial charge in [0.05, 0.1) is 0 Å². The van der Waals surface area contributed by atoms with Gasteiger partial charge in [0.25, 0.3) is 0 Å². The van der Waals surface area contributed by atoms with Crippen LogP contribution in [0.15, 0.2) is 109 Å². The molecule has 0 aromatic heterocycles. The van der Waals surface area contributed by atoms with Crippen LogP contribution >= 0.6 is 0 Å². The molecule has 0 radical (unpaired) electrons. The molecule has 4 aromatic rings. The lowest BCUT2D eigenvalue weighted by Crippen LogP contribution is -2.48. The van der Waals surface area contributed by atoms with Crippen LogP contribution < -0.4 is 10.6 Å². The normalized spacial score (nSPS) is 13.8. The number of likely N-dealkylation sites (tertiary alicyclic amines) is 1. The molecule has 1 fully saturated rings. The van der Waals surface area contributed by atoms with E-state index in [9.17, 15) is 18.0 Å². The largest absolute Gasteiger partial charge is 0.490 e. The second kappa shape index (κ2) is 18.2. The van der Waals surface area contributed by atoms with Crippen LogP contribution in [0.1, 0.15) is 43.4 Å². The first kappa shape index (κ1) is 37.2. The topological polar surface area (TPSA) is 84.9 Å². The SMILES string of the molecule is CC(C)CNCc1cccc(-c2cccc(CN(C(=O)Nc3ccccc3)C3CCN(Cc4ccccc4)CC3)c2)c1.O=C(O)C(F)(F)F. The zero-order chi connectivity index (χ0) is 35.2. The van der Waals surface area contributed by atoms with Crippen molar-refractivity contribution < 1.29 is 27.9 Å². The van der Waals surface area contributed by atoms with Crippen molar-refractivity contribution in [2.75, 3.05) is 25.0 Å². The summed E-state index contributed by atoms with van der Waals surface area (Å²) in [4.78, 5) is 27.2. The van der Waals surface area contributed by atoms with Crippen LogP contribution in [0.3, 0.4) is 0 Å². The summed E-state index contributed by atoms with van der Waals surface area (Å²) in [5.41, 5.74) is 6.97. The summed E-state index contributed by atoms with van der Waals surface area (Å²) in [6.07, 6.45) is -3.17. The van der Waals surface area contributed by atoms with Gasteiger partial charge >= 0.3 is 18.2 Å². The van der Waals surface area contributed by atoms with Gasteiger partial charge in [-0.15, -0.1) is 0 Å². The molecular weight excluding hydrogens is 629 g/mol. The van der Waals surface area contributed by atoms with Crippen LogP contribution in [0.5, 0.6) is 0 Å². The van der Waals surface area contributed by atoms with Crippen molar-refractivity contribution in [3.05, 3.63) is 126 Å². The molecule has 2 amide bonds. The van der Waals surface area contributed by atoms with Crippen molar-refractivity contribution in [2.45, 2.75) is 58.5 Å². The van der Waals surface area contributed by atoms with Gasteiger partial charge in [-0.1, -0.05) is 98.8 Å². The number of urea groups is 1. The monoisotopic (exact) mass is 674 g/mol. The van der Waals surface area contributed by atoms with Gasteiger partial charge in [-0.3, -0.25) is 4.90 Å². The number of hydrogen-bond donors (Lipinski definition) is 3. The van der Waals surface area contributed by atoms with E-state index < -0.39 is 12.1 Å². The number of amides is 2. The van der Waals surface area contributed by atoms with Crippen molar-refractivity contribution in [3.8, 4) is 11.1 Å². The first-order valence-electron chi connectivity index (χ1n) is 16.6. The Labute approximate surface area is 286 Å². The number of carboxylic acids is 1. The second-order valence-electron chi connectivity index (χ2n) is 12.6. The van der Waals surface area contributed by atoms with Crippen molar-refractivity contribution in [3.63, 3.8) is 0 Å². The van der Waals surface area contributed by atoms with Crippen molar-refractivity contribution in [1.29, 1.82) is 0 Å². The number of carboxylic acid groups (broad SMARTS) is 1. The number of carbonyl (C=O) groups is 2. The van der Waals surface area contributed by atoms with Gasteiger partial charge in [-0.05, 0) is 77.4 Å². The maximum absolute atomic E-state index is 13.7. The Bertz CT molecular complexity index is 1610. The third kappa shape index (κ3) is 12.4. The highest BCUT2D eigenvalue weighted by molar-refractivity contribution is 5.89. The van der Waals surface area contributed by atoms with Crippen molar-refractivity contribution in [1.82, 2.24) is 15.1 Å². The number of para-hydroxylation sites is 1. The molecule has 5 rings (SSSR count). The summed E-state index contributed by atoms with van der Waals surface area (Å²) in [7, 11) is 0. The van der Waals surface area contributed by atoms with Gasteiger partial charge in [-0.2, -0.15) is 13.2 Å². The summed E-state index contributed by atoms with van der Waals surface area (Å²) in [5.74, 6) is -2.13. The predicted molar refractivity (Wildman–Crippen MR) is 188 cm³/mol. The van der Waals surface area contributed by atoms with Crippen LogP contribution in [0.4, 0.5) is 23.7 Å². The fourth-order valence-electron chi connectivity index (χ4n) is 5.73. The summed E-state index contributed by atoms with van der Waals surface area (Å²) in [6, 6.07) is 38.0. The molecule has 0 spiro atoms. The molecule has 49 heavy (non-hydrogen) atoms. The molecule has 0 unspecified atom stereocenters. The number of aliphatic carboxylic acids is 1. The highest BCUT2D eigenvalue weighted by atomic mass is 19.4. The summed E-state index contributed by atoms with van der Waals surface area (Å²) in [5, 5.41) is 13.8. The van der Waals surface area contributed by atoms with E-state index >= 15 is 0 Å². The zero-order valence-corrected chi connectivity index (χ0v) is 28.0. The van der Waals surface area contributed by atoms with Gasteiger partial charge in [0.2, 0.25) is 0 Å². The molecule has 0 aliphatic carbocycles. The fraction of sp³-hybridized carbons (Fsp3) is 0.333. The predicted octanol–water partition coefficient (Wildman–Crippen LogP) is 8.43. The Kier molecular flexibility index (Phi) is 13.8. The average molecular weight is 675 g/mol. The van der Waals surface area contributed by atoms with Crippen LogP contribution in [0.25, 0.3) is 11.1 Å². The van der Waals surface area contributed by atoms with Gasteiger partial charge in [0.1, 0.15) is 0 Å². The number of nitrogens with one attached hydrogen (secondary N) is 2. The Hall–Kier alpha value is -4.67. The summed E-state index contributed by atoms with van der Waals surface area (Å²) >= 11 is 0. The third-order valence-electron chi connectivity index (χ3n) is 8.20. The number of carbonyl (C=O) groups excluding carboxylic acids is 1. The quantitative estimate of drug-likeness (QED) is 0.149. The lowest BCUT2D eigenvalue weighted by molar-refractivity contribution is -0.192. The van der Waals surface area contributed by atoms with E-state index in [0.717, 1.165) is 56.8 Å². The Morgan fingerprint density at radius 1 is 0.816 bits per heavy atom. The smallest absolute Gasteiger partial charge is 0.475 e. The lowest BCUT2D eigenvalue weighted by Gasteiger charge is -2.38. The van der Waals surface area contributed by atoms with E-state index in [2.05, 4.69) is 113 Å². The van der Waals surface area contributed by atoms with E-state index in [1.54, 1.807) is 0 Å². The van der Waals surface area contributed by atoms with Gasteiger partial charge in [0, 0.05) is 44.5 Å². The van der Waals surface area contributed by atoms with Crippen LogP contribution in [-0.2, 0) is 24.4 Å². The first-order valence-corrected chi connectivity index (χ1v) is 16.6. The molecule has 1 heterocycles. The molecule has 1 aliphatic heterocycles. The molecule has 3 N–H and O–H groups in total. The van der Waals surface area contributed by atoms with E-state index in [1.807, 2.05) is 30.3 Å². The number of nitrogens with zero attached hydrogens (tertiary/aromatic N) is 2. The molecule has 0 atom stereocenters. The average Bonchev–Trinajstić information content (AvgIpc) is 3.08. The number of rotatable bonds is 11. The molecule has 1 saturated heterocycles. The van der Waals surface area contributed by atoms with Crippen molar-refractivity contribution >= 4 is 17.7 Å². The van der Waals surface area contributed by atoms with Gasteiger partial charge in [0.15, 0.2) is 0 Å². The maximum Gasteiger partial charge on any atom is 0.490 e.